The quantitative estimate of drug-likeness (QED) is 0.379. The maximum absolute atomic E-state index is 14.9. The number of hydrogen-bond acceptors (Lipinski definition) is 5. The zero-order chi connectivity index (χ0) is 27.5. The third kappa shape index (κ3) is 4.87. The molecule has 208 valence electrons. The first kappa shape index (κ1) is 26.4. The molecule has 4 heterocycles. The van der Waals surface area contributed by atoms with E-state index in [0.29, 0.717) is 54.7 Å². The monoisotopic (exact) mass is 571 g/mol. The summed E-state index contributed by atoms with van der Waals surface area (Å²) in [7, 11) is 0. The molecule has 39 heavy (non-hydrogen) atoms. The molecule has 0 amide bonds. The second-order valence-corrected chi connectivity index (χ2v) is 10.8. The van der Waals surface area contributed by atoms with Gasteiger partial charge in [0.25, 0.3) is 0 Å². The standard InChI is InChI=1S/C26H24ClF6N5O/c27-17-1-4-20-16(9-17)10-36(12-25(30)13-39-14-25)11-21-34-35-24(38(20)21)15-5-7-37(8-6-15)23-19(28)3-2-18(22(23)29)26(31,32)33/h1-4,9,15H,5-8,10-14H2. The predicted octanol–water partition coefficient (Wildman–Crippen LogP) is 5.66. The van der Waals surface area contributed by atoms with Crippen molar-refractivity contribution in [3.63, 3.8) is 0 Å². The van der Waals surface area contributed by atoms with Crippen LogP contribution in [0.1, 0.15) is 41.5 Å². The minimum atomic E-state index is -4.93. The molecule has 0 N–H and O–H groups in total. The van der Waals surface area contributed by atoms with Gasteiger partial charge in [0.1, 0.15) is 17.3 Å². The topological polar surface area (TPSA) is 46.4 Å². The number of nitrogens with zero attached hydrogens (tertiary/aromatic N) is 5. The van der Waals surface area contributed by atoms with Crippen molar-refractivity contribution in [1.82, 2.24) is 19.7 Å². The van der Waals surface area contributed by atoms with Crippen molar-refractivity contribution in [2.75, 3.05) is 37.7 Å². The van der Waals surface area contributed by atoms with E-state index in [1.165, 1.54) is 4.90 Å². The second kappa shape index (κ2) is 9.67. The van der Waals surface area contributed by atoms with E-state index in [1.54, 1.807) is 6.07 Å². The van der Waals surface area contributed by atoms with Gasteiger partial charge in [0.05, 0.1) is 31.0 Å². The molecule has 6 nitrogen and oxygen atoms in total. The van der Waals surface area contributed by atoms with Crippen LogP contribution in [0.2, 0.25) is 5.02 Å². The van der Waals surface area contributed by atoms with Crippen molar-refractivity contribution < 1.29 is 31.1 Å². The Morgan fingerprint density at radius 1 is 1.03 bits per heavy atom. The van der Waals surface area contributed by atoms with Gasteiger partial charge >= 0.3 is 6.18 Å². The third-order valence-corrected chi connectivity index (χ3v) is 7.81. The number of ether oxygens (including phenoxy) is 1. The summed E-state index contributed by atoms with van der Waals surface area (Å²) in [5.41, 5.74) is -1.91. The SMILES string of the molecule is Fc1ccc(C(F)(F)F)c(F)c1N1CCC(c2nnc3n2-c2ccc(Cl)cc2CN(CC2(F)COC2)C3)CC1. The van der Waals surface area contributed by atoms with Gasteiger partial charge < -0.3 is 9.64 Å². The molecule has 0 atom stereocenters. The highest BCUT2D eigenvalue weighted by molar-refractivity contribution is 6.30. The summed E-state index contributed by atoms with van der Waals surface area (Å²) < 4.78 is 90.8. The first-order valence-electron chi connectivity index (χ1n) is 12.5. The van der Waals surface area contributed by atoms with Gasteiger partial charge in [-0.25, -0.2) is 13.2 Å². The van der Waals surface area contributed by atoms with Crippen LogP contribution in [0.15, 0.2) is 30.3 Å². The number of fused-ring (bicyclic) bond motifs is 3. The van der Waals surface area contributed by atoms with E-state index in [-0.39, 0.29) is 38.8 Å². The molecule has 6 rings (SSSR count). The first-order valence-corrected chi connectivity index (χ1v) is 12.9. The van der Waals surface area contributed by atoms with E-state index in [2.05, 4.69) is 10.2 Å². The Kier molecular flexibility index (Phi) is 6.54. The molecule has 0 radical (unpaired) electrons. The zero-order valence-corrected chi connectivity index (χ0v) is 21.4. The summed E-state index contributed by atoms with van der Waals surface area (Å²) in [5.74, 6) is -1.55. The van der Waals surface area contributed by atoms with Crippen LogP contribution < -0.4 is 4.90 Å². The summed E-state index contributed by atoms with van der Waals surface area (Å²) in [4.78, 5) is 3.25. The fourth-order valence-electron chi connectivity index (χ4n) is 5.69. The van der Waals surface area contributed by atoms with Crippen molar-refractivity contribution >= 4 is 17.3 Å². The fourth-order valence-corrected chi connectivity index (χ4v) is 5.89. The zero-order valence-electron chi connectivity index (χ0n) is 20.6. The van der Waals surface area contributed by atoms with Crippen LogP contribution in [0.3, 0.4) is 0 Å². The van der Waals surface area contributed by atoms with Crippen LogP contribution >= 0.6 is 11.6 Å². The number of rotatable bonds is 4. The van der Waals surface area contributed by atoms with E-state index in [9.17, 15) is 26.3 Å². The van der Waals surface area contributed by atoms with Gasteiger partial charge in [0, 0.05) is 37.1 Å². The number of halogens is 7. The highest BCUT2D eigenvalue weighted by Crippen LogP contribution is 2.40. The van der Waals surface area contributed by atoms with Gasteiger partial charge in [-0.1, -0.05) is 11.6 Å². The minimum Gasteiger partial charge on any atom is -0.375 e. The second-order valence-electron chi connectivity index (χ2n) is 10.4. The van der Waals surface area contributed by atoms with Gasteiger partial charge in [-0.2, -0.15) is 13.2 Å². The lowest BCUT2D eigenvalue weighted by atomic mass is 9.94. The summed E-state index contributed by atoms with van der Waals surface area (Å²) >= 11 is 6.29. The Labute approximate surface area is 225 Å². The lowest BCUT2D eigenvalue weighted by Crippen LogP contribution is -2.53. The van der Waals surface area contributed by atoms with Gasteiger partial charge in [-0.05, 0) is 48.7 Å². The van der Waals surface area contributed by atoms with Crippen LogP contribution in [0.4, 0.5) is 32.0 Å². The van der Waals surface area contributed by atoms with Gasteiger partial charge in [-0.15, -0.1) is 10.2 Å². The number of benzene rings is 2. The van der Waals surface area contributed by atoms with Crippen LogP contribution in [-0.4, -0.2) is 58.2 Å². The maximum atomic E-state index is 14.9. The smallest absolute Gasteiger partial charge is 0.375 e. The molecule has 0 spiro atoms. The number of anilines is 1. The Balaban J connectivity index is 1.28. The molecule has 1 aromatic heterocycles. The lowest BCUT2D eigenvalue weighted by Gasteiger charge is -2.37. The molecule has 0 saturated carbocycles. The summed E-state index contributed by atoms with van der Waals surface area (Å²) in [6.45, 7) is 1.28. The average molecular weight is 572 g/mol. The van der Waals surface area contributed by atoms with Crippen LogP contribution in [0.25, 0.3) is 5.69 Å². The fraction of sp³-hybridized carbons (Fsp3) is 0.462. The van der Waals surface area contributed by atoms with E-state index in [0.717, 1.165) is 11.3 Å². The molecule has 3 aliphatic rings. The molecule has 0 unspecified atom stereocenters. The summed E-state index contributed by atoms with van der Waals surface area (Å²) in [6.07, 6.45) is -4.14. The molecule has 3 aromatic rings. The minimum absolute atomic E-state index is 0.0372. The molecule has 2 aromatic carbocycles. The number of alkyl halides is 4. The molecule has 13 heteroatoms. The van der Waals surface area contributed by atoms with E-state index in [4.69, 9.17) is 16.3 Å². The molecular formula is C26H24ClF6N5O. The summed E-state index contributed by atoms with van der Waals surface area (Å²) in [6, 6.07) is 6.51. The number of piperidine rings is 1. The Morgan fingerprint density at radius 2 is 1.77 bits per heavy atom. The first-order chi connectivity index (χ1) is 18.5. The van der Waals surface area contributed by atoms with Crippen LogP contribution in [0.5, 0.6) is 0 Å². The predicted molar refractivity (Wildman–Crippen MR) is 131 cm³/mol. The molecule has 3 aliphatic heterocycles. The van der Waals surface area contributed by atoms with Crippen molar-refractivity contribution in [1.29, 1.82) is 0 Å². The van der Waals surface area contributed by atoms with Crippen LogP contribution in [0, 0.1) is 11.6 Å². The number of hydrogen-bond donors (Lipinski definition) is 0. The Hall–Kier alpha value is -2.83. The van der Waals surface area contributed by atoms with E-state index < -0.39 is 34.7 Å². The van der Waals surface area contributed by atoms with E-state index >= 15 is 0 Å². The average Bonchev–Trinajstić information content (AvgIpc) is 3.19. The van der Waals surface area contributed by atoms with Gasteiger partial charge in [-0.3, -0.25) is 9.47 Å². The Bertz CT molecular complexity index is 1400. The highest BCUT2D eigenvalue weighted by atomic mass is 35.5. The van der Waals surface area contributed by atoms with Crippen molar-refractivity contribution in [3.8, 4) is 5.69 Å². The number of aromatic nitrogens is 3. The molecule has 2 saturated heterocycles. The van der Waals surface area contributed by atoms with Crippen molar-refractivity contribution in [3.05, 3.63) is 69.8 Å². The van der Waals surface area contributed by atoms with Gasteiger partial charge in [0.15, 0.2) is 17.3 Å². The van der Waals surface area contributed by atoms with E-state index in [1.807, 2.05) is 21.6 Å². The van der Waals surface area contributed by atoms with Gasteiger partial charge in [0.2, 0.25) is 0 Å². The third-order valence-electron chi connectivity index (χ3n) is 7.57. The normalized spacial score (nSPS) is 19.8. The highest BCUT2D eigenvalue weighted by Gasteiger charge is 2.42. The maximum Gasteiger partial charge on any atom is 0.419 e. The van der Waals surface area contributed by atoms with Crippen LogP contribution in [-0.2, 0) is 24.0 Å². The summed E-state index contributed by atoms with van der Waals surface area (Å²) in [5, 5.41) is 9.39. The molecule has 2 fully saturated rings. The van der Waals surface area contributed by atoms with Crippen molar-refractivity contribution in [2.24, 2.45) is 0 Å². The molecule has 0 bridgehead atoms. The lowest BCUT2D eigenvalue weighted by molar-refractivity contribution is -0.142. The van der Waals surface area contributed by atoms with Crippen molar-refractivity contribution in [2.45, 2.75) is 43.7 Å². The molecule has 0 aliphatic carbocycles. The largest absolute Gasteiger partial charge is 0.419 e. The molecular weight excluding hydrogens is 548 g/mol. The Morgan fingerprint density at radius 3 is 2.44 bits per heavy atom.